The second-order valence-electron chi connectivity index (χ2n) is 7.05. The topological polar surface area (TPSA) is 69.2 Å². The van der Waals surface area contributed by atoms with E-state index in [1.165, 1.54) is 6.07 Å². The Morgan fingerprint density at radius 3 is 2.80 bits per heavy atom. The highest BCUT2D eigenvalue weighted by Crippen LogP contribution is 2.29. The van der Waals surface area contributed by atoms with Crippen molar-refractivity contribution in [1.29, 1.82) is 0 Å². The molecule has 3 aromatic rings. The van der Waals surface area contributed by atoms with Crippen LogP contribution in [0, 0.1) is 0 Å². The highest BCUT2D eigenvalue weighted by Gasteiger charge is 2.30. The SMILES string of the molecule is CCCN1C=c2[nH]c(-c3ccc(NCc4cccc(C(F)(F)F)c4)nc3)nc2=NC1. The molecule has 9 heteroatoms. The molecule has 0 saturated heterocycles. The summed E-state index contributed by atoms with van der Waals surface area (Å²) in [5.74, 6) is 1.24. The molecule has 1 aliphatic rings. The number of nitrogens with one attached hydrogen (secondary N) is 2. The predicted octanol–water partition coefficient (Wildman–Crippen LogP) is 3.14. The van der Waals surface area contributed by atoms with Gasteiger partial charge in [0.1, 0.15) is 23.7 Å². The second-order valence-corrected chi connectivity index (χ2v) is 7.05. The van der Waals surface area contributed by atoms with E-state index in [0.29, 0.717) is 29.4 Å². The molecule has 6 nitrogen and oxygen atoms in total. The molecule has 0 saturated carbocycles. The fourth-order valence-electron chi connectivity index (χ4n) is 3.22. The van der Waals surface area contributed by atoms with Gasteiger partial charge in [-0.3, -0.25) is 0 Å². The highest BCUT2D eigenvalue weighted by molar-refractivity contribution is 5.56. The van der Waals surface area contributed by atoms with Crippen molar-refractivity contribution in [2.75, 3.05) is 18.5 Å². The molecular formula is C21H21F3N6. The number of imidazole rings is 1. The lowest BCUT2D eigenvalue weighted by Crippen LogP contribution is -2.36. The van der Waals surface area contributed by atoms with Crippen molar-refractivity contribution in [2.24, 2.45) is 4.99 Å². The second kappa shape index (κ2) is 8.17. The van der Waals surface area contributed by atoms with Crippen LogP contribution in [0.25, 0.3) is 17.6 Å². The molecule has 0 bridgehead atoms. The van der Waals surface area contributed by atoms with Crippen LogP contribution in [0.15, 0.2) is 47.6 Å². The number of anilines is 1. The van der Waals surface area contributed by atoms with Crippen molar-refractivity contribution in [2.45, 2.75) is 26.1 Å². The lowest BCUT2D eigenvalue weighted by Gasteiger charge is -2.17. The van der Waals surface area contributed by atoms with Crippen LogP contribution in [0.4, 0.5) is 19.0 Å². The first-order valence-corrected chi connectivity index (χ1v) is 9.65. The van der Waals surface area contributed by atoms with Gasteiger partial charge in [0, 0.05) is 31.0 Å². The predicted molar refractivity (Wildman–Crippen MR) is 108 cm³/mol. The van der Waals surface area contributed by atoms with E-state index in [1.807, 2.05) is 12.3 Å². The van der Waals surface area contributed by atoms with Gasteiger partial charge in [0.2, 0.25) is 0 Å². The van der Waals surface area contributed by atoms with Crippen molar-refractivity contribution in [3.05, 3.63) is 64.6 Å². The van der Waals surface area contributed by atoms with Gasteiger partial charge in [-0.1, -0.05) is 19.1 Å². The summed E-state index contributed by atoms with van der Waals surface area (Å²) < 4.78 is 38.5. The minimum absolute atomic E-state index is 0.242. The number of nitrogens with zero attached hydrogens (tertiary/aromatic N) is 4. The summed E-state index contributed by atoms with van der Waals surface area (Å²) in [6.45, 7) is 3.90. The van der Waals surface area contributed by atoms with E-state index in [1.54, 1.807) is 18.3 Å². The molecule has 2 aromatic heterocycles. The first-order valence-electron chi connectivity index (χ1n) is 9.65. The van der Waals surface area contributed by atoms with E-state index in [9.17, 15) is 13.2 Å². The van der Waals surface area contributed by atoms with E-state index in [0.717, 1.165) is 36.0 Å². The van der Waals surface area contributed by atoms with Crippen molar-refractivity contribution >= 4 is 12.0 Å². The molecule has 156 valence electrons. The van der Waals surface area contributed by atoms with Gasteiger partial charge in [-0.15, -0.1) is 0 Å². The Morgan fingerprint density at radius 1 is 1.20 bits per heavy atom. The summed E-state index contributed by atoms with van der Waals surface area (Å²) in [6, 6.07) is 8.87. The molecule has 0 unspecified atom stereocenters. The monoisotopic (exact) mass is 414 g/mol. The summed E-state index contributed by atoms with van der Waals surface area (Å²) in [5.41, 5.74) is 1.36. The molecular weight excluding hydrogens is 393 g/mol. The van der Waals surface area contributed by atoms with Gasteiger partial charge in [-0.2, -0.15) is 13.2 Å². The Bertz CT molecular complexity index is 1130. The standard InChI is InChI=1S/C21H21F3N6/c1-2-8-30-12-17-20(27-13-30)29-19(28-17)15-6-7-18(26-11-15)25-10-14-4-3-5-16(9-14)21(22,23)24/h3-7,9,11-12H,2,8,10,13H2,1H3,(H,25,26)(H,27,28,29). The zero-order chi connectivity index (χ0) is 21.1. The first-order chi connectivity index (χ1) is 14.4. The van der Waals surface area contributed by atoms with Crippen LogP contribution >= 0.6 is 0 Å². The summed E-state index contributed by atoms with van der Waals surface area (Å²) in [7, 11) is 0. The molecule has 3 heterocycles. The number of alkyl halides is 3. The molecule has 0 radical (unpaired) electrons. The Kier molecular flexibility index (Phi) is 5.43. The summed E-state index contributed by atoms with van der Waals surface area (Å²) >= 11 is 0. The van der Waals surface area contributed by atoms with Gasteiger partial charge in [-0.05, 0) is 36.2 Å². The molecule has 30 heavy (non-hydrogen) atoms. The number of hydrogen-bond donors (Lipinski definition) is 2. The van der Waals surface area contributed by atoms with Crippen molar-refractivity contribution in [3.63, 3.8) is 0 Å². The van der Waals surface area contributed by atoms with E-state index in [-0.39, 0.29) is 6.54 Å². The van der Waals surface area contributed by atoms with Crippen molar-refractivity contribution < 1.29 is 13.2 Å². The van der Waals surface area contributed by atoms with Gasteiger partial charge in [0.05, 0.1) is 5.56 Å². The normalized spacial score (nSPS) is 13.4. The van der Waals surface area contributed by atoms with Crippen molar-refractivity contribution in [3.8, 4) is 11.4 Å². The maximum Gasteiger partial charge on any atom is 0.416 e. The van der Waals surface area contributed by atoms with E-state index < -0.39 is 11.7 Å². The average Bonchev–Trinajstić information content (AvgIpc) is 3.16. The summed E-state index contributed by atoms with van der Waals surface area (Å²) in [5, 5.41) is 3.92. The number of aromatic nitrogens is 3. The van der Waals surface area contributed by atoms with Crippen LogP contribution in [-0.4, -0.2) is 33.1 Å². The number of pyridine rings is 1. The fraction of sp³-hybridized carbons (Fsp3) is 0.286. The molecule has 2 N–H and O–H groups in total. The molecule has 0 spiro atoms. The van der Waals surface area contributed by atoms with E-state index in [2.05, 4.69) is 37.1 Å². The van der Waals surface area contributed by atoms with Crippen LogP contribution < -0.4 is 16.2 Å². The molecule has 1 aliphatic heterocycles. The van der Waals surface area contributed by atoms with Crippen LogP contribution in [0.5, 0.6) is 0 Å². The molecule has 0 amide bonds. The quantitative estimate of drug-likeness (QED) is 0.650. The van der Waals surface area contributed by atoms with Crippen LogP contribution in [0.3, 0.4) is 0 Å². The molecule has 1 aromatic carbocycles. The summed E-state index contributed by atoms with van der Waals surface area (Å²) in [4.78, 5) is 18.8. The van der Waals surface area contributed by atoms with E-state index >= 15 is 0 Å². The zero-order valence-corrected chi connectivity index (χ0v) is 16.4. The lowest BCUT2D eigenvalue weighted by atomic mass is 10.1. The molecule has 0 aliphatic carbocycles. The minimum Gasteiger partial charge on any atom is -0.366 e. The third-order valence-electron chi connectivity index (χ3n) is 4.70. The highest BCUT2D eigenvalue weighted by atomic mass is 19.4. The van der Waals surface area contributed by atoms with Crippen molar-refractivity contribution in [1.82, 2.24) is 19.9 Å². The maximum atomic E-state index is 12.8. The van der Waals surface area contributed by atoms with E-state index in [4.69, 9.17) is 0 Å². The Morgan fingerprint density at radius 2 is 2.07 bits per heavy atom. The number of fused-ring (bicyclic) bond motifs is 1. The maximum absolute atomic E-state index is 12.8. The number of halogens is 3. The van der Waals surface area contributed by atoms with Gasteiger partial charge in [-0.25, -0.2) is 15.0 Å². The molecule has 0 atom stereocenters. The number of benzene rings is 1. The fourth-order valence-corrected chi connectivity index (χ4v) is 3.22. The van der Waals surface area contributed by atoms with Gasteiger partial charge in [0.25, 0.3) is 0 Å². The summed E-state index contributed by atoms with van der Waals surface area (Å²) in [6.07, 6.45) is 0.389. The number of rotatable bonds is 6. The zero-order valence-electron chi connectivity index (χ0n) is 16.4. The minimum atomic E-state index is -4.35. The van der Waals surface area contributed by atoms with Gasteiger partial charge in [0.15, 0.2) is 5.49 Å². The Labute approximate surface area is 171 Å². The largest absolute Gasteiger partial charge is 0.416 e. The number of hydrogen-bond acceptors (Lipinski definition) is 5. The average molecular weight is 414 g/mol. The lowest BCUT2D eigenvalue weighted by molar-refractivity contribution is -0.137. The molecule has 0 fully saturated rings. The van der Waals surface area contributed by atoms with Crippen LogP contribution in [-0.2, 0) is 12.7 Å². The van der Waals surface area contributed by atoms with Gasteiger partial charge >= 0.3 is 6.18 Å². The Hall–Kier alpha value is -3.36. The third kappa shape index (κ3) is 4.45. The molecule has 4 rings (SSSR count). The Balaban J connectivity index is 1.45. The number of H-pyrrole nitrogens is 1. The first kappa shape index (κ1) is 19.9. The number of aromatic amines is 1. The van der Waals surface area contributed by atoms with Crippen LogP contribution in [0.2, 0.25) is 0 Å². The van der Waals surface area contributed by atoms with Gasteiger partial charge < -0.3 is 15.2 Å². The third-order valence-corrected chi connectivity index (χ3v) is 4.70. The smallest absolute Gasteiger partial charge is 0.366 e. The van der Waals surface area contributed by atoms with Crippen LogP contribution in [0.1, 0.15) is 24.5 Å².